The Labute approximate surface area is 121 Å². The van der Waals surface area contributed by atoms with E-state index in [1.807, 2.05) is 31.2 Å². The van der Waals surface area contributed by atoms with E-state index in [1.54, 1.807) is 0 Å². The summed E-state index contributed by atoms with van der Waals surface area (Å²) in [5.74, 6) is -1.92. The van der Waals surface area contributed by atoms with Gasteiger partial charge in [-0.2, -0.15) is 0 Å². The number of primary sulfonamides is 1. The number of aryl methyl sites for hydroxylation is 1. The molecule has 0 aliphatic heterocycles. The van der Waals surface area contributed by atoms with Crippen molar-refractivity contribution in [2.75, 3.05) is 12.9 Å². The Bertz CT molecular complexity index is 749. The van der Waals surface area contributed by atoms with Crippen molar-refractivity contribution in [2.24, 2.45) is 5.14 Å². The summed E-state index contributed by atoms with van der Waals surface area (Å²) in [5, 5.41) is 6.09. The molecule has 5 nitrogen and oxygen atoms in total. The summed E-state index contributed by atoms with van der Waals surface area (Å²) in [7, 11) is -2.54. The monoisotopic (exact) mass is 313 g/mol. The van der Waals surface area contributed by atoms with Gasteiger partial charge in [0, 0.05) is 9.58 Å². The van der Waals surface area contributed by atoms with E-state index in [9.17, 15) is 13.2 Å². The van der Waals surface area contributed by atoms with Crippen molar-refractivity contribution in [1.29, 1.82) is 0 Å². The van der Waals surface area contributed by atoms with Crippen LogP contribution in [0.2, 0.25) is 0 Å². The first-order valence-electron chi connectivity index (χ1n) is 5.90. The van der Waals surface area contributed by atoms with Crippen molar-refractivity contribution >= 4 is 37.4 Å². The summed E-state index contributed by atoms with van der Waals surface area (Å²) in [4.78, 5) is 12.6. The van der Waals surface area contributed by atoms with Crippen molar-refractivity contribution < 1.29 is 17.9 Å². The molecule has 2 N–H and O–H groups in total. The Hall–Kier alpha value is -1.44. The molecular weight excluding hydrogens is 298 g/mol. The molecular formula is C13H15NO4S2. The fourth-order valence-corrected chi connectivity index (χ4v) is 4.32. The molecule has 1 aromatic carbocycles. The van der Waals surface area contributed by atoms with E-state index in [4.69, 9.17) is 9.88 Å². The molecule has 1 aromatic heterocycles. The lowest BCUT2D eigenvalue weighted by Gasteiger charge is -2.12. The van der Waals surface area contributed by atoms with Crippen molar-refractivity contribution in [2.45, 2.75) is 12.8 Å². The summed E-state index contributed by atoms with van der Waals surface area (Å²) in [6.45, 7) is 1.87. The second-order valence-electron chi connectivity index (χ2n) is 4.49. The van der Waals surface area contributed by atoms with Crippen molar-refractivity contribution in [3.8, 4) is 0 Å². The van der Waals surface area contributed by atoms with E-state index < -0.39 is 27.7 Å². The van der Waals surface area contributed by atoms with E-state index in [0.29, 0.717) is 4.88 Å². The second-order valence-corrected chi connectivity index (χ2v) is 7.24. The lowest BCUT2D eigenvalue weighted by Crippen LogP contribution is -2.27. The fraction of sp³-hybridized carbons (Fsp3) is 0.308. The number of carbonyl (C=O) groups excluding carboxylic acids is 1. The number of hydrogen-bond donors (Lipinski definition) is 1. The minimum Gasteiger partial charge on any atom is -0.468 e. The first-order valence-corrected chi connectivity index (χ1v) is 8.43. The van der Waals surface area contributed by atoms with Gasteiger partial charge in [0.25, 0.3) is 0 Å². The molecule has 7 heteroatoms. The molecule has 1 atom stereocenters. The Kier molecular flexibility index (Phi) is 4.12. The highest BCUT2D eigenvalue weighted by atomic mass is 32.2. The van der Waals surface area contributed by atoms with Crippen molar-refractivity contribution in [3.63, 3.8) is 0 Å². The van der Waals surface area contributed by atoms with Gasteiger partial charge >= 0.3 is 5.97 Å². The molecule has 2 rings (SSSR count). The molecule has 0 radical (unpaired) electrons. The van der Waals surface area contributed by atoms with Gasteiger partial charge < -0.3 is 4.74 Å². The number of thiophene rings is 1. The molecule has 0 aliphatic carbocycles. The van der Waals surface area contributed by atoms with Crippen LogP contribution in [0.25, 0.3) is 10.1 Å². The zero-order valence-electron chi connectivity index (χ0n) is 11.1. The van der Waals surface area contributed by atoms with Crippen molar-refractivity contribution in [1.82, 2.24) is 0 Å². The topological polar surface area (TPSA) is 86.5 Å². The zero-order valence-corrected chi connectivity index (χ0v) is 12.8. The number of carbonyl (C=O) groups is 1. The standard InChI is InChI=1S/C13H15NO4S2/c1-8-9-5-3-4-6-11(9)19-12(8)10(13(15)18-2)7-20(14,16)17/h3-6,10H,7H2,1-2H3,(H2,14,16,17). The maximum absolute atomic E-state index is 11.9. The SMILES string of the molecule is COC(=O)C(CS(N)(=O)=O)c1sc2ccccc2c1C. The summed E-state index contributed by atoms with van der Waals surface area (Å²) in [5.41, 5.74) is 0.893. The fourth-order valence-electron chi connectivity index (χ4n) is 2.15. The van der Waals surface area contributed by atoms with Crippen LogP contribution in [0.3, 0.4) is 0 Å². The highest BCUT2D eigenvalue weighted by Gasteiger charge is 2.29. The van der Waals surface area contributed by atoms with Gasteiger partial charge in [0.1, 0.15) is 5.92 Å². The average molecular weight is 313 g/mol. The van der Waals surface area contributed by atoms with Crippen LogP contribution in [0.5, 0.6) is 0 Å². The van der Waals surface area contributed by atoms with Gasteiger partial charge in [-0.25, -0.2) is 13.6 Å². The number of esters is 1. The minimum atomic E-state index is -3.77. The zero-order chi connectivity index (χ0) is 14.9. The third kappa shape index (κ3) is 3.00. The molecule has 0 aliphatic rings. The molecule has 0 amide bonds. The maximum Gasteiger partial charge on any atom is 0.315 e. The summed E-state index contributed by atoms with van der Waals surface area (Å²) in [6.07, 6.45) is 0. The van der Waals surface area contributed by atoms with Crippen LogP contribution in [-0.4, -0.2) is 27.2 Å². The van der Waals surface area contributed by atoms with E-state index in [2.05, 4.69) is 0 Å². The molecule has 0 spiro atoms. The smallest absolute Gasteiger partial charge is 0.315 e. The quantitative estimate of drug-likeness (QED) is 0.871. The van der Waals surface area contributed by atoms with Crippen molar-refractivity contribution in [3.05, 3.63) is 34.7 Å². The minimum absolute atomic E-state index is 0.451. The molecule has 108 valence electrons. The van der Waals surface area contributed by atoms with Gasteiger partial charge in [-0.05, 0) is 23.9 Å². The number of hydrogen-bond acceptors (Lipinski definition) is 5. The Balaban J connectivity index is 2.56. The number of nitrogens with two attached hydrogens (primary N) is 1. The van der Waals surface area contributed by atoms with E-state index in [0.717, 1.165) is 15.6 Å². The molecule has 0 saturated carbocycles. The maximum atomic E-state index is 11.9. The number of fused-ring (bicyclic) bond motifs is 1. The first-order chi connectivity index (χ1) is 9.33. The normalized spacial score (nSPS) is 13.3. The van der Waals surface area contributed by atoms with Gasteiger partial charge in [0.2, 0.25) is 10.0 Å². The first kappa shape index (κ1) is 15.0. The van der Waals surface area contributed by atoms with Crippen LogP contribution < -0.4 is 5.14 Å². The molecule has 1 unspecified atom stereocenters. The van der Waals surface area contributed by atoms with Gasteiger partial charge in [0.05, 0.1) is 12.9 Å². The highest BCUT2D eigenvalue weighted by Crippen LogP contribution is 2.36. The van der Waals surface area contributed by atoms with E-state index >= 15 is 0 Å². The number of rotatable bonds is 4. The third-order valence-electron chi connectivity index (χ3n) is 3.08. The largest absolute Gasteiger partial charge is 0.468 e. The van der Waals surface area contributed by atoms with Gasteiger partial charge in [-0.15, -0.1) is 11.3 Å². The van der Waals surface area contributed by atoms with E-state index in [1.165, 1.54) is 18.4 Å². The highest BCUT2D eigenvalue weighted by molar-refractivity contribution is 7.89. The van der Waals surface area contributed by atoms with E-state index in [-0.39, 0.29) is 0 Å². The Morgan fingerprint density at radius 1 is 1.40 bits per heavy atom. The number of benzene rings is 1. The Morgan fingerprint density at radius 2 is 2.05 bits per heavy atom. The van der Waals surface area contributed by atoms with Crippen LogP contribution in [0.1, 0.15) is 16.4 Å². The second kappa shape index (κ2) is 5.51. The number of sulfonamides is 1. The van der Waals surface area contributed by atoms with Crippen LogP contribution in [0, 0.1) is 6.92 Å². The molecule has 1 heterocycles. The molecule has 20 heavy (non-hydrogen) atoms. The van der Waals surface area contributed by atoms with Gasteiger partial charge in [-0.3, -0.25) is 4.79 Å². The van der Waals surface area contributed by atoms with Gasteiger partial charge in [-0.1, -0.05) is 18.2 Å². The Morgan fingerprint density at radius 3 is 2.60 bits per heavy atom. The molecule has 0 saturated heterocycles. The van der Waals surface area contributed by atoms with Crippen LogP contribution in [0.4, 0.5) is 0 Å². The third-order valence-corrected chi connectivity index (χ3v) is 5.27. The number of ether oxygens (including phenoxy) is 1. The molecule has 0 bridgehead atoms. The molecule has 0 fully saturated rings. The van der Waals surface area contributed by atoms with Crippen LogP contribution in [-0.2, 0) is 19.6 Å². The molecule has 2 aromatic rings. The summed E-state index contributed by atoms with van der Waals surface area (Å²) >= 11 is 1.40. The predicted molar refractivity (Wildman–Crippen MR) is 79.3 cm³/mol. The number of methoxy groups -OCH3 is 1. The van der Waals surface area contributed by atoms with Crippen LogP contribution in [0.15, 0.2) is 24.3 Å². The lowest BCUT2D eigenvalue weighted by molar-refractivity contribution is -0.141. The lowest BCUT2D eigenvalue weighted by atomic mass is 10.0. The summed E-state index contributed by atoms with van der Waals surface area (Å²) in [6, 6.07) is 7.67. The van der Waals surface area contributed by atoms with Gasteiger partial charge in [0.15, 0.2) is 0 Å². The predicted octanol–water partition coefficient (Wildman–Crippen LogP) is 1.75. The average Bonchev–Trinajstić information content (AvgIpc) is 2.72. The van der Waals surface area contributed by atoms with Crippen LogP contribution >= 0.6 is 11.3 Å². The summed E-state index contributed by atoms with van der Waals surface area (Å²) < 4.78 is 28.4.